The molecular weight excluding hydrogens is 470 g/mol. The molecule has 7 heteroatoms. The number of benzene rings is 3. The van der Waals surface area contributed by atoms with Crippen LogP contribution in [0.3, 0.4) is 0 Å². The van der Waals surface area contributed by atoms with E-state index in [1.165, 1.54) is 27.1 Å². The quantitative estimate of drug-likeness (QED) is 0.296. The average Bonchev–Trinajstić information content (AvgIpc) is 3.23. The summed E-state index contributed by atoms with van der Waals surface area (Å²) in [5.41, 5.74) is 1.22. The molecule has 36 heavy (non-hydrogen) atoms. The third-order valence-corrected chi connectivity index (χ3v) is 7.57. The van der Waals surface area contributed by atoms with Crippen LogP contribution in [0.15, 0.2) is 92.4 Å². The third kappa shape index (κ3) is 4.24. The topological polar surface area (TPSA) is 58.2 Å². The van der Waals surface area contributed by atoms with Crippen LogP contribution >= 0.6 is 11.8 Å². The van der Waals surface area contributed by atoms with Crippen LogP contribution in [0.4, 0.5) is 0 Å². The summed E-state index contributed by atoms with van der Waals surface area (Å²) in [6, 6.07) is 22.4. The Balaban J connectivity index is 1.79. The van der Waals surface area contributed by atoms with Crippen molar-refractivity contribution in [2.75, 3.05) is 7.11 Å². The fraction of sp³-hybridized carbons (Fsp3) is 0.241. The Bertz CT molecular complexity index is 1690. The van der Waals surface area contributed by atoms with Gasteiger partial charge in [-0.3, -0.25) is 13.9 Å². The number of hydrogen-bond donors (Lipinski definition) is 0. The Morgan fingerprint density at radius 1 is 0.944 bits per heavy atom. The first-order chi connectivity index (χ1) is 17.4. The number of hydrogen-bond acceptors (Lipinski definition) is 4. The van der Waals surface area contributed by atoms with Gasteiger partial charge in [-0.1, -0.05) is 80.2 Å². The number of rotatable bonds is 7. The van der Waals surface area contributed by atoms with Crippen LogP contribution in [0, 0.1) is 5.92 Å². The van der Waals surface area contributed by atoms with Crippen LogP contribution in [0.1, 0.15) is 19.4 Å². The Morgan fingerprint density at radius 3 is 2.44 bits per heavy atom. The van der Waals surface area contributed by atoms with Crippen LogP contribution in [-0.4, -0.2) is 20.8 Å². The summed E-state index contributed by atoms with van der Waals surface area (Å²) in [7, 11) is 3.20. The maximum atomic E-state index is 13.5. The molecule has 0 radical (unpaired) electrons. The first-order valence-corrected chi connectivity index (χ1v) is 12.8. The van der Waals surface area contributed by atoms with Gasteiger partial charge < -0.3 is 9.30 Å². The van der Waals surface area contributed by atoms with Crippen LogP contribution < -0.4 is 16.0 Å². The van der Waals surface area contributed by atoms with Gasteiger partial charge in [0.05, 0.1) is 27.9 Å². The molecule has 0 spiro atoms. The van der Waals surface area contributed by atoms with Gasteiger partial charge >= 0.3 is 5.69 Å². The average molecular weight is 500 g/mol. The summed E-state index contributed by atoms with van der Waals surface area (Å²) < 4.78 is 10.7. The summed E-state index contributed by atoms with van der Waals surface area (Å²) in [4.78, 5) is 27.6. The van der Waals surface area contributed by atoms with Gasteiger partial charge in [0, 0.05) is 26.3 Å². The molecule has 2 aromatic heterocycles. The smallest absolute Gasteiger partial charge is 0.331 e. The molecule has 5 rings (SSSR count). The highest BCUT2D eigenvalue weighted by Gasteiger charge is 2.22. The van der Waals surface area contributed by atoms with Crippen LogP contribution in [0.2, 0.25) is 0 Å². The molecule has 0 N–H and O–H groups in total. The number of aromatic nitrogens is 3. The van der Waals surface area contributed by atoms with Gasteiger partial charge in [-0.2, -0.15) is 0 Å². The van der Waals surface area contributed by atoms with E-state index in [9.17, 15) is 9.59 Å². The van der Waals surface area contributed by atoms with Crippen LogP contribution in [-0.2, 0) is 20.1 Å². The molecule has 0 saturated carbocycles. The van der Waals surface area contributed by atoms with Gasteiger partial charge in [-0.05, 0) is 34.4 Å². The Hall–Kier alpha value is -3.71. The number of methoxy groups -OCH3 is 1. The van der Waals surface area contributed by atoms with Crippen molar-refractivity contribution in [1.29, 1.82) is 0 Å². The molecule has 0 saturated heterocycles. The summed E-state index contributed by atoms with van der Waals surface area (Å²) >= 11 is 1.49. The van der Waals surface area contributed by atoms with Gasteiger partial charge in [0.1, 0.15) is 5.75 Å². The van der Waals surface area contributed by atoms with Crippen LogP contribution in [0.25, 0.3) is 21.7 Å². The molecule has 2 heterocycles. The molecule has 0 atom stereocenters. The molecule has 0 amide bonds. The number of fused-ring (bicyclic) bond motifs is 2. The van der Waals surface area contributed by atoms with E-state index in [0.29, 0.717) is 24.0 Å². The summed E-state index contributed by atoms with van der Waals surface area (Å²) in [5, 5.41) is 3.67. The van der Waals surface area contributed by atoms with Gasteiger partial charge in [-0.15, -0.1) is 0 Å². The first kappa shape index (κ1) is 24.0. The fourth-order valence-corrected chi connectivity index (χ4v) is 5.79. The molecule has 0 fully saturated rings. The predicted octanol–water partition coefficient (Wildman–Crippen LogP) is 5.52. The van der Waals surface area contributed by atoms with Gasteiger partial charge in [0.15, 0.2) is 0 Å². The molecule has 184 valence electrons. The minimum Gasteiger partial charge on any atom is -0.496 e. The van der Waals surface area contributed by atoms with E-state index < -0.39 is 0 Å². The second kappa shape index (κ2) is 9.74. The lowest BCUT2D eigenvalue weighted by Gasteiger charge is -2.13. The number of ether oxygens (including phenoxy) is 1. The van der Waals surface area contributed by atoms with Crippen molar-refractivity contribution in [2.45, 2.75) is 36.9 Å². The van der Waals surface area contributed by atoms with E-state index in [0.717, 1.165) is 21.2 Å². The van der Waals surface area contributed by atoms with Crippen molar-refractivity contribution < 1.29 is 4.74 Å². The maximum absolute atomic E-state index is 13.5. The van der Waals surface area contributed by atoms with Crippen LogP contribution in [0.5, 0.6) is 5.75 Å². The SMILES string of the molecule is COc1ccccc1Sc1c2c(=O)n(C)c(=O)n(CC(C)C)c2cn1Cc1cccc2ccccc12. The Morgan fingerprint density at radius 2 is 1.67 bits per heavy atom. The van der Waals surface area contributed by atoms with Gasteiger partial charge in [-0.25, -0.2) is 4.79 Å². The van der Waals surface area contributed by atoms with E-state index in [1.54, 1.807) is 18.7 Å². The highest BCUT2D eigenvalue weighted by molar-refractivity contribution is 7.99. The minimum atomic E-state index is -0.294. The highest BCUT2D eigenvalue weighted by atomic mass is 32.2. The molecule has 5 aromatic rings. The summed E-state index contributed by atoms with van der Waals surface area (Å²) in [5.74, 6) is 0.982. The zero-order chi connectivity index (χ0) is 25.4. The van der Waals surface area contributed by atoms with E-state index >= 15 is 0 Å². The normalized spacial score (nSPS) is 11.6. The molecular formula is C29H29N3O3S. The highest BCUT2D eigenvalue weighted by Crippen LogP contribution is 2.38. The first-order valence-electron chi connectivity index (χ1n) is 12.0. The maximum Gasteiger partial charge on any atom is 0.331 e. The van der Waals surface area contributed by atoms with Gasteiger partial charge in [0.2, 0.25) is 0 Å². The molecule has 6 nitrogen and oxygen atoms in total. The van der Waals surface area contributed by atoms with Gasteiger partial charge in [0.25, 0.3) is 5.56 Å². The summed E-state index contributed by atoms with van der Waals surface area (Å²) in [6.45, 7) is 5.23. The second-order valence-corrected chi connectivity index (χ2v) is 10.4. The second-order valence-electron chi connectivity index (χ2n) is 9.36. The lowest BCUT2D eigenvalue weighted by molar-refractivity contribution is 0.405. The molecule has 0 aliphatic heterocycles. The van der Waals surface area contributed by atoms with Crippen molar-refractivity contribution in [3.05, 3.63) is 99.3 Å². The largest absolute Gasteiger partial charge is 0.496 e. The molecule has 0 unspecified atom stereocenters. The Kier molecular flexibility index (Phi) is 6.49. The minimum absolute atomic E-state index is 0.245. The number of para-hydroxylation sites is 1. The van der Waals surface area contributed by atoms with E-state index in [4.69, 9.17) is 4.74 Å². The zero-order valence-corrected chi connectivity index (χ0v) is 21.7. The molecule has 0 aliphatic rings. The molecule has 3 aromatic carbocycles. The third-order valence-electron chi connectivity index (χ3n) is 6.38. The Labute approximate surface area is 213 Å². The van der Waals surface area contributed by atoms with Crippen molar-refractivity contribution in [1.82, 2.24) is 13.7 Å². The van der Waals surface area contributed by atoms with Crippen molar-refractivity contribution >= 4 is 33.4 Å². The standard InChI is InChI=1S/C29H29N3O3S/c1-19(2)16-32-23-18-31(17-21-12-9-11-20-10-5-6-13-22(20)21)28(26(23)27(33)30(3)29(32)34)36-25-15-8-7-14-24(25)35-4/h5-15,18-19H,16-17H2,1-4H3. The van der Waals surface area contributed by atoms with E-state index in [-0.39, 0.29) is 17.2 Å². The predicted molar refractivity (Wildman–Crippen MR) is 146 cm³/mol. The van der Waals surface area contributed by atoms with Crippen molar-refractivity contribution in [2.24, 2.45) is 13.0 Å². The van der Waals surface area contributed by atoms with E-state index in [1.807, 2.05) is 42.6 Å². The van der Waals surface area contributed by atoms with Crippen molar-refractivity contribution in [3.8, 4) is 5.75 Å². The zero-order valence-electron chi connectivity index (χ0n) is 20.9. The van der Waals surface area contributed by atoms with E-state index in [2.05, 4.69) is 48.7 Å². The fourth-order valence-electron chi connectivity index (χ4n) is 4.66. The monoisotopic (exact) mass is 499 g/mol. The lowest BCUT2D eigenvalue weighted by atomic mass is 10.0. The number of nitrogens with zero attached hydrogens (tertiary/aromatic N) is 3. The molecule has 0 aliphatic carbocycles. The van der Waals surface area contributed by atoms with Crippen molar-refractivity contribution in [3.63, 3.8) is 0 Å². The summed E-state index contributed by atoms with van der Waals surface area (Å²) in [6.07, 6.45) is 1.96. The lowest BCUT2D eigenvalue weighted by Crippen LogP contribution is -2.38. The molecule has 0 bridgehead atoms.